The first-order valence-corrected chi connectivity index (χ1v) is 5.34. The van der Waals surface area contributed by atoms with Gasteiger partial charge in [-0.05, 0) is 19.5 Å². The Morgan fingerprint density at radius 1 is 1.25 bits per heavy atom. The molecule has 0 saturated heterocycles. The van der Waals surface area contributed by atoms with Gasteiger partial charge in [0.1, 0.15) is 0 Å². The number of hydrogen-bond donors (Lipinski definition) is 1. The van der Waals surface area contributed by atoms with Crippen molar-refractivity contribution in [2.75, 3.05) is 7.05 Å². The largest absolute Gasteiger partial charge is 0.313 e. The van der Waals surface area contributed by atoms with Crippen LogP contribution >= 0.6 is 0 Å². The fourth-order valence-corrected chi connectivity index (χ4v) is 1.66. The predicted molar refractivity (Wildman–Crippen MR) is 63.9 cm³/mol. The molecule has 1 aromatic carbocycles. The van der Waals surface area contributed by atoms with Crippen molar-refractivity contribution in [1.82, 2.24) is 20.3 Å². The van der Waals surface area contributed by atoms with E-state index in [1.807, 2.05) is 14.1 Å². The van der Waals surface area contributed by atoms with Crippen LogP contribution in [0.5, 0.6) is 0 Å². The molecule has 0 spiro atoms. The molecular formula is C12H16N4. The van der Waals surface area contributed by atoms with Crippen LogP contribution in [0.1, 0.15) is 18.5 Å². The first kappa shape index (κ1) is 10.8. The van der Waals surface area contributed by atoms with Gasteiger partial charge in [-0.15, -0.1) is 5.10 Å². The summed E-state index contributed by atoms with van der Waals surface area (Å²) in [4.78, 5) is 0. The number of nitrogens with zero attached hydrogens (tertiary/aromatic N) is 3. The third-order valence-electron chi connectivity index (χ3n) is 2.85. The van der Waals surface area contributed by atoms with Gasteiger partial charge in [-0.1, -0.05) is 29.5 Å². The van der Waals surface area contributed by atoms with Crippen LogP contribution in [0.3, 0.4) is 0 Å². The molecular weight excluding hydrogens is 200 g/mol. The number of benzene rings is 1. The molecule has 4 nitrogen and oxygen atoms in total. The Hall–Kier alpha value is -1.68. The molecule has 0 aliphatic heterocycles. The average Bonchev–Trinajstić information content (AvgIpc) is 2.75. The Kier molecular flexibility index (Phi) is 3.01. The fraction of sp³-hybridized carbons (Fsp3) is 0.333. The minimum Gasteiger partial charge on any atom is -0.313 e. The lowest BCUT2D eigenvalue weighted by molar-refractivity contribution is 0.652. The topological polar surface area (TPSA) is 42.7 Å². The van der Waals surface area contributed by atoms with Gasteiger partial charge in [0.15, 0.2) is 0 Å². The van der Waals surface area contributed by atoms with Crippen LogP contribution in [0.25, 0.3) is 11.3 Å². The minimum atomic E-state index is 0.374. The molecule has 0 amide bonds. The molecule has 0 saturated carbocycles. The summed E-state index contributed by atoms with van der Waals surface area (Å²) in [5, 5.41) is 11.0. The smallest absolute Gasteiger partial charge is 0.0882 e. The van der Waals surface area contributed by atoms with Crippen LogP contribution < -0.4 is 5.32 Å². The van der Waals surface area contributed by atoms with Gasteiger partial charge in [-0.3, -0.25) is 0 Å². The van der Waals surface area contributed by atoms with Crippen LogP contribution in [0.2, 0.25) is 0 Å². The van der Waals surface area contributed by atoms with Crippen LogP contribution in [0.15, 0.2) is 30.5 Å². The third-order valence-corrected chi connectivity index (χ3v) is 2.85. The Bertz CT molecular complexity index is 458. The molecule has 0 aliphatic rings. The third kappa shape index (κ3) is 1.97. The van der Waals surface area contributed by atoms with E-state index in [2.05, 4.69) is 46.8 Å². The van der Waals surface area contributed by atoms with Gasteiger partial charge < -0.3 is 5.32 Å². The Morgan fingerprint density at radius 2 is 1.94 bits per heavy atom. The molecule has 0 aliphatic carbocycles. The van der Waals surface area contributed by atoms with Crippen LogP contribution in [0.4, 0.5) is 0 Å². The minimum absolute atomic E-state index is 0.374. The summed E-state index contributed by atoms with van der Waals surface area (Å²) in [5.74, 6) is 0. The van der Waals surface area contributed by atoms with Crippen molar-refractivity contribution in [1.29, 1.82) is 0 Å². The summed E-state index contributed by atoms with van der Waals surface area (Å²) in [6.45, 7) is 2.14. The SMILES string of the molecule is CNC(C)c1ccc(-c2cnnn2C)cc1. The molecule has 84 valence electrons. The van der Waals surface area contributed by atoms with Crippen molar-refractivity contribution in [2.24, 2.45) is 7.05 Å². The van der Waals surface area contributed by atoms with Crippen molar-refractivity contribution in [3.63, 3.8) is 0 Å². The van der Waals surface area contributed by atoms with Crippen LogP contribution in [-0.4, -0.2) is 22.0 Å². The molecule has 2 rings (SSSR count). The van der Waals surface area contributed by atoms with E-state index in [9.17, 15) is 0 Å². The summed E-state index contributed by atoms with van der Waals surface area (Å²) >= 11 is 0. The monoisotopic (exact) mass is 216 g/mol. The summed E-state index contributed by atoms with van der Waals surface area (Å²) in [6.07, 6.45) is 1.77. The molecule has 1 heterocycles. The van der Waals surface area contributed by atoms with Crippen molar-refractivity contribution in [3.8, 4) is 11.3 Å². The number of nitrogens with one attached hydrogen (secondary N) is 1. The summed E-state index contributed by atoms with van der Waals surface area (Å²) < 4.78 is 1.77. The zero-order chi connectivity index (χ0) is 11.5. The zero-order valence-corrected chi connectivity index (χ0v) is 9.81. The second-order valence-corrected chi connectivity index (χ2v) is 3.88. The molecule has 4 heteroatoms. The Labute approximate surface area is 95.3 Å². The lowest BCUT2D eigenvalue weighted by Crippen LogP contribution is -2.11. The van der Waals surface area contributed by atoms with Gasteiger partial charge in [-0.25, -0.2) is 4.68 Å². The molecule has 0 radical (unpaired) electrons. The van der Waals surface area contributed by atoms with Gasteiger partial charge in [0.2, 0.25) is 0 Å². The molecule has 1 N–H and O–H groups in total. The number of hydrogen-bond acceptors (Lipinski definition) is 3. The Balaban J connectivity index is 2.30. The molecule has 1 unspecified atom stereocenters. The molecule has 0 fully saturated rings. The van der Waals surface area contributed by atoms with Gasteiger partial charge >= 0.3 is 0 Å². The fourth-order valence-electron chi connectivity index (χ4n) is 1.66. The number of aromatic nitrogens is 3. The normalized spacial score (nSPS) is 12.7. The summed E-state index contributed by atoms with van der Waals surface area (Å²) in [7, 11) is 3.86. The molecule has 2 aromatic rings. The lowest BCUT2D eigenvalue weighted by atomic mass is 10.1. The summed E-state index contributed by atoms with van der Waals surface area (Å²) in [6, 6.07) is 8.83. The van der Waals surface area contributed by atoms with E-state index in [1.165, 1.54) is 5.56 Å². The maximum absolute atomic E-state index is 3.92. The number of aryl methyl sites for hydroxylation is 1. The van der Waals surface area contributed by atoms with Crippen molar-refractivity contribution in [2.45, 2.75) is 13.0 Å². The standard InChI is InChI=1S/C12H16N4/c1-9(13-2)10-4-6-11(7-5-10)12-8-14-15-16(12)3/h4-9,13H,1-3H3. The Morgan fingerprint density at radius 3 is 2.44 bits per heavy atom. The van der Waals surface area contributed by atoms with E-state index >= 15 is 0 Å². The highest BCUT2D eigenvalue weighted by Gasteiger charge is 2.05. The van der Waals surface area contributed by atoms with E-state index in [-0.39, 0.29) is 0 Å². The first-order valence-electron chi connectivity index (χ1n) is 5.34. The predicted octanol–water partition coefficient (Wildman–Crippen LogP) is 1.76. The summed E-state index contributed by atoms with van der Waals surface area (Å²) in [5.41, 5.74) is 3.45. The quantitative estimate of drug-likeness (QED) is 0.850. The van der Waals surface area contributed by atoms with Crippen LogP contribution in [-0.2, 0) is 7.05 Å². The first-order chi connectivity index (χ1) is 7.72. The number of rotatable bonds is 3. The second-order valence-electron chi connectivity index (χ2n) is 3.88. The maximum Gasteiger partial charge on any atom is 0.0882 e. The van der Waals surface area contributed by atoms with Gasteiger partial charge in [-0.2, -0.15) is 0 Å². The second kappa shape index (κ2) is 4.45. The highest BCUT2D eigenvalue weighted by Crippen LogP contribution is 2.20. The molecule has 16 heavy (non-hydrogen) atoms. The highest BCUT2D eigenvalue weighted by atomic mass is 15.4. The van der Waals surface area contributed by atoms with Crippen molar-refractivity contribution >= 4 is 0 Å². The average molecular weight is 216 g/mol. The molecule has 1 atom stereocenters. The van der Waals surface area contributed by atoms with Gasteiger partial charge in [0, 0.05) is 18.7 Å². The van der Waals surface area contributed by atoms with E-state index in [0.29, 0.717) is 6.04 Å². The van der Waals surface area contributed by atoms with Gasteiger partial charge in [0.05, 0.1) is 11.9 Å². The van der Waals surface area contributed by atoms with Crippen molar-refractivity contribution < 1.29 is 0 Å². The van der Waals surface area contributed by atoms with E-state index in [4.69, 9.17) is 0 Å². The highest BCUT2D eigenvalue weighted by molar-refractivity contribution is 5.58. The van der Waals surface area contributed by atoms with Crippen molar-refractivity contribution in [3.05, 3.63) is 36.0 Å². The van der Waals surface area contributed by atoms with Crippen LogP contribution in [0, 0.1) is 0 Å². The zero-order valence-electron chi connectivity index (χ0n) is 9.81. The molecule has 1 aromatic heterocycles. The van der Waals surface area contributed by atoms with Gasteiger partial charge in [0.25, 0.3) is 0 Å². The lowest BCUT2D eigenvalue weighted by Gasteiger charge is -2.10. The molecule has 0 bridgehead atoms. The van der Waals surface area contributed by atoms with E-state index < -0.39 is 0 Å². The van der Waals surface area contributed by atoms with E-state index in [1.54, 1.807) is 10.9 Å². The maximum atomic E-state index is 3.92. The van der Waals surface area contributed by atoms with E-state index in [0.717, 1.165) is 11.3 Å².